The second-order valence-corrected chi connectivity index (χ2v) is 4.48. The zero-order chi connectivity index (χ0) is 15.0. The molecule has 0 fully saturated rings. The topological polar surface area (TPSA) is 84.7 Å². The molecule has 6 heteroatoms. The monoisotopic (exact) mass is 279 g/mol. The van der Waals surface area contributed by atoms with Crippen molar-refractivity contribution >= 4 is 11.9 Å². The van der Waals surface area contributed by atoms with Gasteiger partial charge in [-0.15, -0.1) is 0 Å². The summed E-state index contributed by atoms with van der Waals surface area (Å²) in [5.41, 5.74) is 6.00. The van der Waals surface area contributed by atoms with E-state index in [1.165, 1.54) is 0 Å². The van der Waals surface area contributed by atoms with Crippen LogP contribution in [0.4, 0.5) is 4.79 Å². The molecule has 3 amide bonds. The minimum atomic E-state index is -0.816. The maximum Gasteiger partial charge on any atom is 0.318 e. The number of nitrogens with one attached hydrogen (secondary N) is 1. The van der Waals surface area contributed by atoms with Gasteiger partial charge in [-0.2, -0.15) is 0 Å². The Bertz CT molecular complexity index is 445. The van der Waals surface area contributed by atoms with E-state index in [1.54, 1.807) is 0 Å². The molecule has 0 aliphatic carbocycles. The first-order valence-electron chi connectivity index (χ1n) is 6.50. The highest BCUT2D eigenvalue weighted by Crippen LogP contribution is 2.13. The van der Waals surface area contributed by atoms with Gasteiger partial charge in [0.15, 0.2) is 0 Å². The maximum atomic E-state index is 11.3. The predicted molar refractivity (Wildman–Crippen MR) is 76.3 cm³/mol. The van der Waals surface area contributed by atoms with Crippen molar-refractivity contribution in [2.75, 3.05) is 20.2 Å². The largest absolute Gasteiger partial charge is 0.494 e. The molecule has 3 N–H and O–H groups in total. The van der Waals surface area contributed by atoms with Gasteiger partial charge in [-0.1, -0.05) is 12.1 Å². The molecule has 0 saturated heterocycles. The molecule has 0 heterocycles. The molecule has 20 heavy (non-hydrogen) atoms. The number of imide groups is 1. The Morgan fingerprint density at radius 1 is 1.30 bits per heavy atom. The number of benzene rings is 1. The van der Waals surface area contributed by atoms with E-state index in [2.05, 4.69) is 0 Å². The van der Waals surface area contributed by atoms with Crippen LogP contribution in [0.3, 0.4) is 0 Å². The van der Waals surface area contributed by atoms with Crippen LogP contribution < -0.4 is 15.8 Å². The van der Waals surface area contributed by atoms with Crippen molar-refractivity contribution in [1.82, 2.24) is 10.2 Å². The molecule has 0 radical (unpaired) electrons. The fourth-order valence-electron chi connectivity index (χ4n) is 1.74. The second-order valence-electron chi connectivity index (χ2n) is 4.48. The van der Waals surface area contributed by atoms with Gasteiger partial charge in [0, 0.05) is 19.5 Å². The lowest BCUT2D eigenvalue weighted by molar-refractivity contribution is -0.120. The van der Waals surface area contributed by atoms with Crippen molar-refractivity contribution in [2.45, 2.75) is 19.9 Å². The van der Waals surface area contributed by atoms with E-state index in [4.69, 9.17) is 10.5 Å². The lowest BCUT2D eigenvalue weighted by atomic mass is 10.2. The Balaban J connectivity index is 2.36. The fraction of sp³-hybridized carbons (Fsp3) is 0.429. The quantitative estimate of drug-likeness (QED) is 0.783. The van der Waals surface area contributed by atoms with E-state index in [-0.39, 0.29) is 12.3 Å². The van der Waals surface area contributed by atoms with Gasteiger partial charge >= 0.3 is 6.03 Å². The van der Waals surface area contributed by atoms with Crippen molar-refractivity contribution in [2.24, 2.45) is 5.73 Å². The molecule has 1 rings (SSSR count). The Kier molecular flexibility index (Phi) is 6.52. The number of urea groups is 1. The molecule has 6 nitrogen and oxygen atoms in total. The van der Waals surface area contributed by atoms with E-state index < -0.39 is 6.03 Å². The molecular formula is C14H21N3O3. The van der Waals surface area contributed by atoms with Crippen LogP contribution >= 0.6 is 0 Å². The lowest BCUT2D eigenvalue weighted by Crippen LogP contribution is -2.36. The summed E-state index contributed by atoms with van der Waals surface area (Å²) in [6, 6.07) is 7.01. The highest BCUT2D eigenvalue weighted by atomic mass is 16.5. The third-order valence-electron chi connectivity index (χ3n) is 2.67. The van der Waals surface area contributed by atoms with E-state index in [9.17, 15) is 9.59 Å². The SMILES string of the molecule is CCOc1ccc(CN(C)CCC(=O)NC(N)=O)cc1. The molecule has 0 bridgehead atoms. The van der Waals surface area contributed by atoms with Gasteiger partial charge in [-0.25, -0.2) is 4.79 Å². The van der Waals surface area contributed by atoms with Crippen LogP contribution in [0.15, 0.2) is 24.3 Å². The Hall–Kier alpha value is -2.08. The normalized spacial score (nSPS) is 10.3. The van der Waals surface area contributed by atoms with Crippen LogP contribution in [0.5, 0.6) is 5.75 Å². The minimum Gasteiger partial charge on any atom is -0.494 e. The van der Waals surface area contributed by atoms with Crippen molar-refractivity contribution in [3.8, 4) is 5.75 Å². The molecule has 0 aliphatic rings. The molecule has 0 aliphatic heterocycles. The number of hydrogen-bond acceptors (Lipinski definition) is 4. The molecular weight excluding hydrogens is 258 g/mol. The first-order chi connectivity index (χ1) is 9.51. The number of nitrogens with two attached hydrogens (primary N) is 1. The summed E-state index contributed by atoms with van der Waals surface area (Å²) in [5.74, 6) is 0.482. The average Bonchev–Trinajstić information content (AvgIpc) is 2.38. The van der Waals surface area contributed by atoms with Crippen molar-refractivity contribution in [3.63, 3.8) is 0 Å². The van der Waals surface area contributed by atoms with Crippen LogP contribution in [0, 0.1) is 0 Å². The van der Waals surface area contributed by atoms with Gasteiger partial charge in [0.05, 0.1) is 6.61 Å². The summed E-state index contributed by atoms with van der Waals surface area (Å²) >= 11 is 0. The van der Waals surface area contributed by atoms with Gasteiger partial charge < -0.3 is 15.4 Å². The zero-order valence-electron chi connectivity index (χ0n) is 11.9. The molecule has 1 aromatic carbocycles. The Morgan fingerprint density at radius 2 is 1.95 bits per heavy atom. The second kappa shape index (κ2) is 8.16. The van der Waals surface area contributed by atoms with Crippen LogP contribution in [0.1, 0.15) is 18.9 Å². The van der Waals surface area contributed by atoms with Crippen LogP contribution in [0.2, 0.25) is 0 Å². The minimum absolute atomic E-state index is 0.233. The zero-order valence-corrected chi connectivity index (χ0v) is 11.9. The van der Waals surface area contributed by atoms with E-state index in [0.29, 0.717) is 13.2 Å². The van der Waals surface area contributed by atoms with Crippen molar-refractivity contribution < 1.29 is 14.3 Å². The molecule has 0 unspecified atom stereocenters. The number of carbonyl (C=O) groups is 2. The van der Waals surface area contributed by atoms with Gasteiger partial charge in [0.1, 0.15) is 5.75 Å². The number of ether oxygens (including phenoxy) is 1. The highest BCUT2D eigenvalue weighted by Gasteiger charge is 2.07. The smallest absolute Gasteiger partial charge is 0.318 e. The number of nitrogens with zero attached hydrogens (tertiary/aromatic N) is 1. The number of amides is 3. The van der Waals surface area contributed by atoms with E-state index in [1.807, 2.05) is 48.5 Å². The molecule has 0 aromatic heterocycles. The standard InChI is InChI=1S/C14H21N3O3/c1-3-20-12-6-4-11(5-7-12)10-17(2)9-8-13(18)16-14(15)19/h4-7H,3,8-10H2,1-2H3,(H3,15,16,18,19). The molecule has 0 saturated carbocycles. The van der Waals surface area contributed by atoms with Gasteiger partial charge in [0.25, 0.3) is 0 Å². The summed E-state index contributed by atoms with van der Waals surface area (Å²) in [4.78, 5) is 23.8. The highest BCUT2D eigenvalue weighted by molar-refractivity contribution is 5.93. The van der Waals surface area contributed by atoms with Crippen LogP contribution in [-0.2, 0) is 11.3 Å². The number of primary amides is 1. The Morgan fingerprint density at radius 3 is 2.50 bits per heavy atom. The summed E-state index contributed by atoms with van der Waals surface area (Å²) in [6.07, 6.45) is 0.233. The fourth-order valence-corrected chi connectivity index (χ4v) is 1.74. The number of hydrogen-bond donors (Lipinski definition) is 2. The van der Waals surface area contributed by atoms with Gasteiger partial charge in [0.2, 0.25) is 5.91 Å². The lowest BCUT2D eigenvalue weighted by Gasteiger charge is -2.16. The number of carbonyl (C=O) groups excluding carboxylic acids is 2. The first kappa shape index (κ1) is 16.0. The maximum absolute atomic E-state index is 11.3. The number of rotatable bonds is 7. The summed E-state index contributed by atoms with van der Waals surface area (Å²) in [5, 5.41) is 2.04. The average molecular weight is 279 g/mol. The van der Waals surface area contributed by atoms with Crippen LogP contribution in [-0.4, -0.2) is 37.0 Å². The summed E-state index contributed by atoms with van der Waals surface area (Å²) in [7, 11) is 1.91. The third kappa shape index (κ3) is 6.19. The van der Waals surface area contributed by atoms with Crippen molar-refractivity contribution in [3.05, 3.63) is 29.8 Å². The van der Waals surface area contributed by atoms with Gasteiger partial charge in [-0.3, -0.25) is 10.1 Å². The predicted octanol–water partition coefficient (Wildman–Crippen LogP) is 1.10. The molecule has 0 spiro atoms. The first-order valence-corrected chi connectivity index (χ1v) is 6.50. The van der Waals surface area contributed by atoms with Gasteiger partial charge in [-0.05, 0) is 31.7 Å². The molecule has 1 aromatic rings. The summed E-state index contributed by atoms with van der Waals surface area (Å²) < 4.78 is 5.37. The molecule has 0 atom stereocenters. The van der Waals surface area contributed by atoms with E-state index >= 15 is 0 Å². The summed E-state index contributed by atoms with van der Waals surface area (Å²) in [6.45, 7) is 3.86. The Labute approximate surface area is 118 Å². The third-order valence-corrected chi connectivity index (χ3v) is 2.67. The van der Waals surface area contributed by atoms with E-state index in [0.717, 1.165) is 17.9 Å². The van der Waals surface area contributed by atoms with Crippen LogP contribution in [0.25, 0.3) is 0 Å². The molecule has 110 valence electrons. The van der Waals surface area contributed by atoms with Crippen molar-refractivity contribution in [1.29, 1.82) is 0 Å².